The Bertz CT molecular complexity index is 690. The lowest BCUT2D eigenvalue weighted by molar-refractivity contribution is -0.125. The number of nitrogens with one attached hydrogen (secondary N) is 1. The zero-order valence-electron chi connectivity index (χ0n) is 10.8. The van der Waals surface area contributed by atoms with E-state index in [1.54, 1.807) is 30.3 Å². The minimum atomic E-state index is -0.741. The second-order valence-electron chi connectivity index (χ2n) is 4.48. The van der Waals surface area contributed by atoms with Gasteiger partial charge in [-0.25, -0.2) is 0 Å². The normalized spacial score (nSPS) is 16.4. The van der Waals surface area contributed by atoms with E-state index in [4.69, 9.17) is 32.7 Å². The molecule has 6 heteroatoms. The predicted molar refractivity (Wildman–Crippen MR) is 81.4 cm³/mol. The third-order valence-corrected chi connectivity index (χ3v) is 3.55. The molecular weight excluding hydrogens is 313 g/mol. The molecule has 0 saturated heterocycles. The molecule has 4 nitrogen and oxygen atoms in total. The van der Waals surface area contributed by atoms with Gasteiger partial charge in [-0.3, -0.25) is 4.79 Å². The highest BCUT2D eigenvalue weighted by Gasteiger charge is 2.27. The summed E-state index contributed by atoms with van der Waals surface area (Å²) in [5.41, 5.74) is 0.441. The number of amides is 1. The number of anilines is 1. The van der Waals surface area contributed by atoms with Crippen molar-refractivity contribution in [2.45, 2.75) is 6.10 Å². The number of hydrogen-bond donors (Lipinski definition) is 1. The van der Waals surface area contributed by atoms with Crippen molar-refractivity contribution in [2.24, 2.45) is 0 Å². The molecule has 21 heavy (non-hydrogen) atoms. The molecule has 0 fully saturated rings. The van der Waals surface area contributed by atoms with E-state index < -0.39 is 6.10 Å². The lowest BCUT2D eigenvalue weighted by Crippen LogP contribution is -2.40. The van der Waals surface area contributed by atoms with Gasteiger partial charge < -0.3 is 14.8 Å². The Balaban J connectivity index is 1.74. The molecule has 0 saturated carbocycles. The van der Waals surface area contributed by atoms with Crippen LogP contribution in [0.4, 0.5) is 5.69 Å². The topological polar surface area (TPSA) is 47.6 Å². The fourth-order valence-corrected chi connectivity index (χ4v) is 2.29. The van der Waals surface area contributed by atoms with E-state index in [1.165, 1.54) is 0 Å². The van der Waals surface area contributed by atoms with Crippen LogP contribution < -0.4 is 14.8 Å². The maximum Gasteiger partial charge on any atom is 0.269 e. The third kappa shape index (κ3) is 3.06. The fourth-order valence-electron chi connectivity index (χ4n) is 1.96. The van der Waals surface area contributed by atoms with Crippen molar-refractivity contribution in [1.29, 1.82) is 0 Å². The summed E-state index contributed by atoms with van der Waals surface area (Å²) in [6.45, 7) is 0.140. The van der Waals surface area contributed by atoms with E-state index in [2.05, 4.69) is 5.32 Å². The Labute approximate surface area is 131 Å². The zero-order chi connectivity index (χ0) is 14.8. The zero-order valence-corrected chi connectivity index (χ0v) is 12.3. The molecule has 1 amide bonds. The maximum absolute atomic E-state index is 12.2. The van der Waals surface area contributed by atoms with Crippen LogP contribution in [-0.2, 0) is 4.79 Å². The minimum Gasteiger partial charge on any atom is -0.485 e. The Morgan fingerprint density at radius 2 is 1.90 bits per heavy atom. The van der Waals surface area contributed by atoms with Crippen LogP contribution in [0, 0.1) is 0 Å². The van der Waals surface area contributed by atoms with E-state index in [-0.39, 0.29) is 12.5 Å². The number of rotatable bonds is 2. The van der Waals surface area contributed by atoms with E-state index in [9.17, 15) is 4.79 Å². The molecule has 0 radical (unpaired) electrons. The average molecular weight is 324 g/mol. The van der Waals surface area contributed by atoms with Gasteiger partial charge in [0, 0.05) is 5.02 Å². The summed E-state index contributed by atoms with van der Waals surface area (Å²) in [6.07, 6.45) is -0.741. The molecule has 0 bridgehead atoms. The molecule has 0 spiro atoms. The van der Waals surface area contributed by atoms with Crippen LogP contribution in [0.2, 0.25) is 10.0 Å². The van der Waals surface area contributed by atoms with Crippen LogP contribution in [0.5, 0.6) is 11.5 Å². The number of carbonyl (C=O) groups excluding carboxylic acids is 1. The summed E-state index contributed by atoms with van der Waals surface area (Å²) in [6, 6.07) is 12.0. The van der Waals surface area contributed by atoms with Gasteiger partial charge in [-0.2, -0.15) is 0 Å². The fraction of sp³-hybridized carbons (Fsp3) is 0.133. The Morgan fingerprint density at radius 3 is 2.71 bits per heavy atom. The van der Waals surface area contributed by atoms with Gasteiger partial charge in [0.15, 0.2) is 11.5 Å². The monoisotopic (exact) mass is 323 g/mol. The Morgan fingerprint density at radius 1 is 1.14 bits per heavy atom. The smallest absolute Gasteiger partial charge is 0.269 e. The molecule has 1 heterocycles. The van der Waals surface area contributed by atoms with Crippen molar-refractivity contribution >= 4 is 34.8 Å². The first-order valence-electron chi connectivity index (χ1n) is 6.28. The Kier molecular flexibility index (Phi) is 3.90. The largest absolute Gasteiger partial charge is 0.485 e. The van der Waals surface area contributed by atoms with Crippen molar-refractivity contribution in [3.63, 3.8) is 0 Å². The molecule has 2 aromatic rings. The molecule has 1 aliphatic heterocycles. The molecular formula is C15H11Cl2NO3. The average Bonchev–Trinajstić information content (AvgIpc) is 2.50. The maximum atomic E-state index is 12.2. The summed E-state index contributed by atoms with van der Waals surface area (Å²) in [7, 11) is 0. The van der Waals surface area contributed by atoms with Gasteiger partial charge in [0.05, 0.1) is 10.7 Å². The van der Waals surface area contributed by atoms with Crippen molar-refractivity contribution in [3.8, 4) is 11.5 Å². The van der Waals surface area contributed by atoms with Gasteiger partial charge in [-0.1, -0.05) is 35.3 Å². The number of benzene rings is 2. The summed E-state index contributed by atoms with van der Waals surface area (Å²) < 4.78 is 11.1. The predicted octanol–water partition coefficient (Wildman–Crippen LogP) is 3.77. The Hall–Kier alpha value is -1.91. The van der Waals surface area contributed by atoms with E-state index in [0.717, 1.165) is 0 Å². The van der Waals surface area contributed by atoms with Gasteiger partial charge in [0.2, 0.25) is 6.10 Å². The van der Waals surface area contributed by atoms with Crippen molar-refractivity contribution < 1.29 is 14.3 Å². The molecule has 0 aromatic heterocycles. The van der Waals surface area contributed by atoms with E-state index in [1.807, 2.05) is 12.1 Å². The highest BCUT2D eigenvalue weighted by Crippen LogP contribution is 2.31. The molecule has 1 atom stereocenters. The second kappa shape index (κ2) is 5.84. The molecule has 108 valence electrons. The van der Waals surface area contributed by atoms with Crippen molar-refractivity contribution in [3.05, 3.63) is 52.5 Å². The van der Waals surface area contributed by atoms with Crippen LogP contribution in [0.3, 0.4) is 0 Å². The summed E-state index contributed by atoms with van der Waals surface area (Å²) in [4.78, 5) is 12.2. The number of fused-ring (bicyclic) bond motifs is 1. The summed E-state index contributed by atoms with van der Waals surface area (Å²) in [5.74, 6) is 0.831. The first kappa shape index (κ1) is 14.0. The third-order valence-electron chi connectivity index (χ3n) is 2.99. The van der Waals surface area contributed by atoms with E-state index >= 15 is 0 Å². The van der Waals surface area contributed by atoms with Crippen LogP contribution in [-0.4, -0.2) is 18.6 Å². The quantitative estimate of drug-likeness (QED) is 0.915. The van der Waals surface area contributed by atoms with Crippen LogP contribution >= 0.6 is 23.2 Å². The lowest BCUT2D eigenvalue weighted by Gasteiger charge is -2.25. The van der Waals surface area contributed by atoms with Crippen LogP contribution in [0.1, 0.15) is 0 Å². The molecule has 1 aliphatic rings. The van der Waals surface area contributed by atoms with Crippen LogP contribution in [0.25, 0.3) is 0 Å². The first-order chi connectivity index (χ1) is 10.1. The van der Waals surface area contributed by atoms with Gasteiger partial charge in [-0.05, 0) is 30.3 Å². The van der Waals surface area contributed by atoms with Gasteiger partial charge in [-0.15, -0.1) is 0 Å². The lowest BCUT2D eigenvalue weighted by atomic mass is 10.2. The van der Waals surface area contributed by atoms with Crippen molar-refractivity contribution in [2.75, 3.05) is 11.9 Å². The summed E-state index contributed by atoms with van der Waals surface area (Å²) in [5, 5.41) is 3.59. The number of ether oxygens (including phenoxy) is 2. The number of halogens is 2. The summed E-state index contributed by atoms with van der Waals surface area (Å²) >= 11 is 11.9. The SMILES string of the molecule is O=C(Nc1cc(Cl)ccc1Cl)[C@@H]1COc2ccccc2O1. The molecule has 0 aliphatic carbocycles. The molecule has 0 unspecified atom stereocenters. The minimum absolute atomic E-state index is 0.140. The second-order valence-corrected chi connectivity index (χ2v) is 5.32. The van der Waals surface area contributed by atoms with Gasteiger partial charge in [0.1, 0.15) is 6.61 Å². The standard InChI is InChI=1S/C15H11Cl2NO3/c16-9-5-6-10(17)11(7-9)18-15(19)14-8-20-12-3-1-2-4-13(12)21-14/h1-7,14H,8H2,(H,18,19)/t14-/m0/s1. The van der Waals surface area contributed by atoms with E-state index in [0.29, 0.717) is 27.2 Å². The molecule has 2 aromatic carbocycles. The van der Waals surface area contributed by atoms with Gasteiger partial charge in [0.25, 0.3) is 5.91 Å². The highest BCUT2D eigenvalue weighted by atomic mass is 35.5. The molecule has 3 rings (SSSR count). The highest BCUT2D eigenvalue weighted by molar-refractivity contribution is 6.35. The number of para-hydroxylation sites is 2. The van der Waals surface area contributed by atoms with Crippen molar-refractivity contribution in [1.82, 2.24) is 0 Å². The number of carbonyl (C=O) groups is 1. The van der Waals surface area contributed by atoms with Gasteiger partial charge >= 0.3 is 0 Å². The first-order valence-corrected chi connectivity index (χ1v) is 7.03. The number of hydrogen-bond acceptors (Lipinski definition) is 3. The molecule has 1 N–H and O–H groups in total. The van der Waals surface area contributed by atoms with Crippen LogP contribution in [0.15, 0.2) is 42.5 Å².